The number of oxazole rings is 1. The van der Waals surface area contributed by atoms with E-state index in [1.807, 2.05) is 0 Å². The molecule has 0 aliphatic heterocycles. The number of pyridine rings is 2. The first kappa shape index (κ1) is 20.2. The van der Waals surface area contributed by atoms with Crippen LogP contribution in [0.5, 0.6) is 0 Å². The molecule has 2 N–H and O–H groups in total. The zero-order chi connectivity index (χ0) is 21.1. The maximum Gasteiger partial charge on any atom is 0.255 e. The van der Waals surface area contributed by atoms with Gasteiger partial charge in [0.25, 0.3) is 6.43 Å². The van der Waals surface area contributed by atoms with Crippen LogP contribution >= 0.6 is 0 Å². The second-order valence-corrected chi connectivity index (χ2v) is 7.48. The van der Waals surface area contributed by atoms with Crippen LogP contribution in [0.15, 0.2) is 28.9 Å². The average molecular weight is 415 g/mol. The number of carbonyl (C=O) groups excluding carboxylic acids is 1. The molecule has 0 radical (unpaired) electrons. The zero-order valence-corrected chi connectivity index (χ0v) is 16.6. The third-order valence-electron chi connectivity index (χ3n) is 5.24. The van der Waals surface area contributed by atoms with Gasteiger partial charge in [0.05, 0.1) is 18.3 Å². The second-order valence-electron chi connectivity index (χ2n) is 7.48. The van der Waals surface area contributed by atoms with Crippen LogP contribution in [0.3, 0.4) is 0 Å². The number of aromatic nitrogens is 3. The van der Waals surface area contributed by atoms with Crippen LogP contribution in [0.2, 0.25) is 0 Å². The van der Waals surface area contributed by atoms with Gasteiger partial charge < -0.3 is 15.1 Å². The van der Waals surface area contributed by atoms with Gasteiger partial charge in [-0.05, 0) is 18.9 Å². The molecule has 1 aliphatic carbocycles. The normalized spacial score (nSPS) is 14.9. The summed E-state index contributed by atoms with van der Waals surface area (Å²) >= 11 is 0. The summed E-state index contributed by atoms with van der Waals surface area (Å²) in [5, 5.41) is 6.18. The first-order valence-corrected chi connectivity index (χ1v) is 10.1. The van der Waals surface area contributed by atoms with Crippen molar-refractivity contribution in [2.24, 2.45) is 5.92 Å². The summed E-state index contributed by atoms with van der Waals surface area (Å²) in [5.74, 6) is 1.25. The number of fused-ring (bicyclic) bond motifs is 1. The Kier molecular flexibility index (Phi) is 5.87. The highest BCUT2D eigenvalue weighted by atomic mass is 19.3. The molecule has 0 unspecified atom stereocenters. The number of amides is 1. The molecule has 1 fully saturated rings. The summed E-state index contributed by atoms with van der Waals surface area (Å²) in [6.45, 7) is 1.21. The molecular formula is C21H23F2N5O2. The highest BCUT2D eigenvalue weighted by Crippen LogP contribution is 2.30. The Morgan fingerprint density at radius 3 is 2.70 bits per heavy atom. The lowest BCUT2D eigenvalue weighted by atomic mass is 9.89. The number of alkyl halides is 2. The lowest BCUT2D eigenvalue weighted by Gasteiger charge is -2.20. The molecule has 1 saturated carbocycles. The molecule has 1 aliphatic rings. The van der Waals surface area contributed by atoms with Crippen molar-refractivity contribution >= 4 is 28.3 Å². The molecule has 30 heavy (non-hydrogen) atoms. The minimum absolute atomic E-state index is 0.00372. The number of halogens is 2. The molecule has 0 bridgehead atoms. The fourth-order valence-corrected chi connectivity index (χ4v) is 3.72. The van der Waals surface area contributed by atoms with E-state index in [1.54, 1.807) is 19.1 Å². The Bertz CT molecular complexity index is 1050. The third kappa shape index (κ3) is 4.55. The van der Waals surface area contributed by atoms with E-state index in [9.17, 15) is 13.6 Å². The van der Waals surface area contributed by atoms with E-state index in [0.29, 0.717) is 39.8 Å². The molecule has 7 nitrogen and oxygen atoms in total. The van der Waals surface area contributed by atoms with Crippen LogP contribution in [0.1, 0.15) is 38.0 Å². The Labute approximate surface area is 172 Å². The molecular weight excluding hydrogens is 392 g/mol. The van der Waals surface area contributed by atoms with Gasteiger partial charge in [-0.15, -0.1) is 0 Å². The lowest BCUT2D eigenvalue weighted by Crippen LogP contribution is -2.25. The van der Waals surface area contributed by atoms with Gasteiger partial charge in [0, 0.05) is 36.2 Å². The fourth-order valence-electron chi connectivity index (χ4n) is 3.72. The van der Waals surface area contributed by atoms with Crippen LogP contribution < -0.4 is 10.6 Å². The van der Waals surface area contributed by atoms with Crippen LogP contribution in [0.25, 0.3) is 22.4 Å². The predicted octanol–water partition coefficient (Wildman–Crippen LogP) is 4.79. The molecule has 4 rings (SSSR count). The SMILES string of the molecule is Cc1ncc(-c2cc(NCC(F)F)c3cnc(NC(=O)C4CCCCC4)cc3n2)o1. The Morgan fingerprint density at radius 1 is 1.20 bits per heavy atom. The number of hydrogen-bond donors (Lipinski definition) is 2. The first-order chi connectivity index (χ1) is 14.5. The highest BCUT2D eigenvalue weighted by Gasteiger charge is 2.22. The van der Waals surface area contributed by atoms with Crippen LogP contribution in [0, 0.1) is 12.8 Å². The van der Waals surface area contributed by atoms with Crippen molar-refractivity contribution in [2.45, 2.75) is 45.5 Å². The van der Waals surface area contributed by atoms with Gasteiger partial charge in [0.1, 0.15) is 11.5 Å². The summed E-state index contributed by atoms with van der Waals surface area (Å²) in [6, 6.07) is 3.28. The monoisotopic (exact) mass is 415 g/mol. The maximum absolute atomic E-state index is 12.8. The largest absolute Gasteiger partial charge is 0.439 e. The van der Waals surface area contributed by atoms with Gasteiger partial charge in [-0.25, -0.2) is 23.7 Å². The van der Waals surface area contributed by atoms with Gasteiger partial charge in [0.2, 0.25) is 5.91 Å². The van der Waals surface area contributed by atoms with Gasteiger partial charge in [0.15, 0.2) is 11.7 Å². The molecule has 1 amide bonds. The van der Waals surface area contributed by atoms with Crippen molar-refractivity contribution in [3.8, 4) is 11.5 Å². The summed E-state index contributed by atoms with van der Waals surface area (Å²) < 4.78 is 31.1. The number of hydrogen-bond acceptors (Lipinski definition) is 6. The van der Waals surface area contributed by atoms with Gasteiger partial charge >= 0.3 is 0 Å². The van der Waals surface area contributed by atoms with E-state index in [0.717, 1.165) is 25.7 Å². The van der Waals surface area contributed by atoms with E-state index in [1.165, 1.54) is 18.8 Å². The number of nitrogens with zero attached hydrogens (tertiary/aromatic N) is 3. The molecule has 3 aromatic rings. The van der Waals surface area contributed by atoms with Gasteiger partial charge in [-0.3, -0.25) is 4.79 Å². The van der Waals surface area contributed by atoms with Crippen LogP contribution in [0.4, 0.5) is 20.3 Å². The van der Waals surface area contributed by atoms with E-state index in [4.69, 9.17) is 4.42 Å². The van der Waals surface area contributed by atoms with Crippen molar-refractivity contribution in [2.75, 3.05) is 17.2 Å². The first-order valence-electron chi connectivity index (χ1n) is 10.1. The Morgan fingerprint density at radius 2 is 2.00 bits per heavy atom. The number of carbonyl (C=O) groups is 1. The lowest BCUT2D eigenvalue weighted by molar-refractivity contribution is -0.120. The van der Waals surface area contributed by atoms with Crippen molar-refractivity contribution in [1.29, 1.82) is 0 Å². The van der Waals surface area contributed by atoms with E-state index >= 15 is 0 Å². The highest BCUT2D eigenvalue weighted by molar-refractivity contribution is 5.97. The number of rotatable bonds is 6. The number of aryl methyl sites for hydroxylation is 1. The molecule has 0 aromatic carbocycles. The molecule has 9 heteroatoms. The molecule has 0 atom stereocenters. The minimum Gasteiger partial charge on any atom is -0.439 e. The second kappa shape index (κ2) is 8.73. The zero-order valence-electron chi connectivity index (χ0n) is 16.6. The molecule has 0 spiro atoms. The van der Waals surface area contributed by atoms with Gasteiger partial charge in [-0.2, -0.15) is 0 Å². The maximum atomic E-state index is 12.8. The van der Waals surface area contributed by atoms with Crippen molar-refractivity contribution in [3.63, 3.8) is 0 Å². The minimum atomic E-state index is -2.51. The van der Waals surface area contributed by atoms with E-state index in [2.05, 4.69) is 25.6 Å². The van der Waals surface area contributed by atoms with Crippen LogP contribution in [-0.2, 0) is 4.79 Å². The summed E-state index contributed by atoms with van der Waals surface area (Å²) in [5.41, 5.74) is 1.42. The average Bonchev–Trinajstić information content (AvgIpc) is 3.18. The summed E-state index contributed by atoms with van der Waals surface area (Å²) in [4.78, 5) is 25.5. The Hall–Kier alpha value is -3.10. The third-order valence-corrected chi connectivity index (χ3v) is 5.24. The summed E-state index contributed by atoms with van der Waals surface area (Å²) in [7, 11) is 0. The van der Waals surface area contributed by atoms with E-state index in [-0.39, 0.29) is 11.8 Å². The molecule has 0 saturated heterocycles. The Balaban J connectivity index is 1.67. The van der Waals surface area contributed by atoms with Crippen molar-refractivity contribution < 1.29 is 18.0 Å². The number of anilines is 2. The molecule has 3 heterocycles. The topological polar surface area (TPSA) is 92.9 Å². The smallest absolute Gasteiger partial charge is 0.255 e. The predicted molar refractivity (Wildman–Crippen MR) is 109 cm³/mol. The van der Waals surface area contributed by atoms with Crippen molar-refractivity contribution in [1.82, 2.24) is 15.0 Å². The number of nitrogens with one attached hydrogen (secondary N) is 2. The van der Waals surface area contributed by atoms with Gasteiger partial charge in [-0.1, -0.05) is 19.3 Å². The fraction of sp³-hybridized carbons (Fsp3) is 0.429. The van der Waals surface area contributed by atoms with E-state index < -0.39 is 13.0 Å². The standard InChI is InChI=1S/C21H23F2N5O2/c1-12-24-10-18(30-12)17-7-15(25-11-19(22)23)14-9-26-20(8-16(14)27-17)28-21(29)13-5-3-2-4-6-13/h7-10,13,19H,2-6,11H2,1H3,(H,25,27)(H,26,28,29). The molecule has 3 aromatic heterocycles. The van der Waals surface area contributed by atoms with Crippen molar-refractivity contribution in [3.05, 3.63) is 30.4 Å². The summed E-state index contributed by atoms with van der Waals surface area (Å²) in [6.07, 6.45) is 5.61. The quantitative estimate of drug-likeness (QED) is 0.601. The van der Waals surface area contributed by atoms with Crippen LogP contribution in [-0.4, -0.2) is 33.8 Å². The molecule has 158 valence electrons.